The molecular formula is C27H40N4O. The first-order chi connectivity index (χ1) is 15.4. The van der Waals surface area contributed by atoms with Crippen LogP contribution in [0.2, 0.25) is 0 Å². The fourth-order valence-corrected chi connectivity index (χ4v) is 3.93. The van der Waals surface area contributed by atoms with Gasteiger partial charge in [0.15, 0.2) is 5.96 Å². The van der Waals surface area contributed by atoms with Crippen molar-refractivity contribution in [3.8, 4) is 5.75 Å². The molecule has 1 atom stereocenters. The standard InChI is InChI=1S/C27H40N4O/c1-21-8-5-6-19-31(21)26(29-18-7-17-28)30-24-13-15-25(16-14-24)32-20-22-9-11-23(12-10-22)27(2,3)4/h9-16,21H,5-8,17-20,28H2,1-4H3,(H,29,30). The summed E-state index contributed by atoms with van der Waals surface area (Å²) >= 11 is 0. The number of benzene rings is 2. The molecule has 1 aliphatic heterocycles. The number of likely N-dealkylation sites (tertiary alicyclic amines) is 1. The molecule has 0 aliphatic carbocycles. The van der Waals surface area contributed by atoms with Crippen molar-refractivity contribution in [3.63, 3.8) is 0 Å². The molecule has 0 amide bonds. The van der Waals surface area contributed by atoms with Gasteiger partial charge in [-0.1, -0.05) is 45.0 Å². The number of nitrogens with two attached hydrogens (primary N) is 1. The first-order valence-electron chi connectivity index (χ1n) is 12.0. The molecule has 5 nitrogen and oxygen atoms in total. The van der Waals surface area contributed by atoms with Crippen molar-refractivity contribution >= 4 is 11.6 Å². The van der Waals surface area contributed by atoms with Crippen LogP contribution in [0.15, 0.2) is 53.5 Å². The van der Waals surface area contributed by atoms with E-state index in [0.29, 0.717) is 19.2 Å². The van der Waals surface area contributed by atoms with Gasteiger partial charge in [-0.05, 0) is 80.0 Å². The highest BCUT2D eigenvalue weighted by Crippen LogP contribution is 2.24. The van der Waals surface area contributed by atoms with Gasteiger partial charge in [-0.15, -0.1) is 0 Å². The van der Waals surface area contributed by atoms with Gasteiger partial charge in [-0.25, -0.2) is 4.99 Å². The second kappa shape index (κ2) is 11.4. The second-order valence-corrected chi connectivity index (χ2v) is 9.77. The zero-order valence-corrected chi connectivity index (χ0v) is 20.2. The molecule has 32 heavy (non-hydrogen) atoms. The highest BCUT2D eigenvalue weighted by atomic mass is 16.5. The third-order valence-corrected chi connectivity index (χ3v) is 6.04. The number of hydrogen-bond acceptors (Lipinski definition) is 3. The maximum absolute atomic E-state index is 6.00. The Labute approximate surface area is 194 Å². The van der Waals surface area contributed by atoms with Crippen molar-refractivity contribution in [2.75, 3.05) is 19.6 Å². The lowest BCUT2D eigenvalue weighted by Crippen LogP contribution is -2.48. The summed E-state index contributed by atoms with van der Waals surface area (Å²) in [5.74, 6) is 1.81. The molecule has 0 spiro atoms. The number of ether oxygens (including phenoxy) is 1. The van der Waals surface area contributed by atoms with E-state index in [1.165, 1.54) is 30.4 Å². The quantitative estimate of drug-likeness (QED) is 0.348. The first-order valence-corrected chi connectivity index (χ1v) is 12.0. The van der Waals surface area contributed by atoms with Crippen LogP contribution in [0.4, 0.5) is 5.69 Å². The van der Waals surface area contributed by atoms with Gasteiger partial charge in [0.05, 0.1) is 5.69 Å². The fraction of sp³-hybridized carbons (Fsp3) is 0.519. The lowest BCUT2D eigenvalue weighted by Gasteiger charge is -2.36. The fourth-order valence-electron chi connectivity index (χ4n) is 3.93. The highest BCUT2D eigenvalue weighted by molar-refractivity contribution is 5.83. The zero-order chi connectivity index (χ0) is 23.0. The highest BCUT2D eigenvalue weighted by Gasteiger charge is 2.21. The summed E-state index contributed by atoms with van der Waals surface area (Å²) in [6.07, 6.45) is 4.65. The molecular weight excluding hydrogens is 396 g/mol. The van der Waals surface area contributed by atoms with Crippen LogP contribution in [0.3, 0.4) is 0 Å². The Hall–Kier alpha value is -2.53. The van der Waals surface area contributed by atoms with Crippen molar-refractivity contribution < 1.29 is 4.74 Å². The Morgan fingerprint density at radius 1 is 1.09 bits per heavy atom. The Bertz CT molecular complexity index is 853. The summed E-state index contributed by atoms with van der Waals surface area (Å²) in [5, 5.41) is 3.51. The smallest absolute Gasteiger partial charge is 0.199 e. The molecule has 1 fully saturated rings. The van der Waals surface area contributed by atoms with Crippen molar-refractivity contribution in [1.29, 1.82) is 0 Å². The number of nitrogens with one attached hydrogen (secondary N) is 1. The van der Waals surface area contributed by atoms with Crippen LogP contribution in [0.5, 0.6) is 5.75 Å². The van der Waals surface area contributed by atoms with Crippen LogP contribution in [0.1, 0.15) is 64.5 Å². The molecule has 5 heteroatoms. The molecule has 0 radical (unpaired) electrons. The van der Waals surface area contributed by atoms with Gasteiger partial charge in [0.1, 0.15) is 12.4 Å². The summed E-state index contributed by atoms with van der Waals surface area (Å²) in [7, 11) is 0. The molecule has 1 saturated heterocycles. The maximum Gasteiger partial charge on any atom is 0.199 e. The predicted molar refractivity (Wildman–Crippen MR) is 135 cm³/mol. The molecule has 1 unspecified atom stereocenters. The lowest BCUT2D eigenvalue weighted by atomic mass is 9.87. The van der Waals surface area contributed by atoms with E-state index >= 15 is 0 Å². The minimum absolute atomic E-state index is 0.166. The summed E-state index contributed by atoms with van der Waals surface area (Å²) < 4.78 is 6.00. The third-order valence-electron chi connectivity index (χ3n) is 6.04. The van der Waals surface area contributed by atoms with Gasteiger partial charge in [0.25, 0.3) is 0 Å². The average Bonchev–Trinajstić information content (AvgIpc) is 2.78. The molecule has 0 bridgehead atoms. The first kappa shape index (κ1) is 24.1. The van der Waals surface area contributed by atoms with E-state index in [-0.39, 0.29) is 5.41 Å². The van der Waals surface area contributed by atoms with Gasteiger partial charge in [0, 0.05) is 19.1 Å². The normalized spacial score (nSPS) is 17.3. The number of aliphatic imine (C=N–C) groups is 1. The molecule has 2 aromatic rings. The lowest BCUT2D eigenvalue weighted by molar-refractivity contribution is 0.251. The van der Waals surface area contributed by atoms with Gasteiger partial charge in [-0.3, -0.25) is 0 Å². The molecule has 3 N–H and O–H groups in total. The van der Waals surface area contributed by atoms with Crippen molar-refractivity contribution in [1.82, 2.24) is 10.2 Å². The number of nitrogens with zero attached hydrogens (tertiary/aromatic N) is 2. The van der Waals surface area contributed by atoms with E-state index in [0.717, 1.165) is 36.9 Å². The Balaban J connectivity index is 1.63. The maximum atomic E-state index is 6.00. The van der Waals surface area contributed by atoms with E-state index in [9.17, 15) is 0 Å². The number of piperidine rings is 1. The van der Waals surface area contributed by atoms with E-state index in [1.807, 2.05) is 24.3 Å². The molecule has 0 saturated carbocycles. The Morgan fingerprint density at radius 3 is 2.44 bits per heavy atom. The van der Waals surface area contributed by atoms with Gasteiger partial charge in [0.2, 0.25) is 0 Å². The Kier molecular flexibility index (Phi) is 8.57. The number of hydrogen-bond donors (Lipinski definition) is 2. The van der Waals surface area contributed by atoms with Crippen LogP contribution < -0.4 is 15.8 Å². The number of guanidine groups is 1. The Morgan fingerprint density at radius 2 is 1.81 bits per heavy atom. The van der Waals surface area contributed by atoms with Gasteiger partial charge >= 0.3 is 0 Å². The predicted octanol–water partition coefficient (Wildman–Crippen LogP) is 5.36. The van der Waals surface area contributed by atoms with Crippen molar-refractivity contribution in [2.45, 2.75) is 71.4 Å². The van der Waals surface area contributed by atoms with E-state index in [4.69, 9.17) is 15.5 Å². The SMILES string of the molecule is CC1CCCCN1/C(=N\c1ccc(OCc2ccc(C(C)(C)C)cc2)cc1)NCCCN. The van der Waals surface area contributed by atoms with Crippen LogP contribution in [0.25, 0.3) is 0 Å². The zero-order valence-electron chi connectivity index (χ0n) is 20.2. The molecule has 0 aromatic heterocycles. The summed E-state index contributed by atoms with van der Waals surface area (Å²) in [6.45, 7) is 12.1. The molecule has 174 valence electrons. The van der Waals surface area contributed by atoms with Crippen LogP contribution >= 0.6 is 0 Å². The van der Waals surface area contributed by atoms with Crippen LogP contribution in [0, 0.1) is 0 Å². The summed E-state index contributed by atoms with van der Waals surface area (Å²) in [4.78, 5) is 7.33. The molecule has 2 aromatic carbocycles. The topological polar surface area (TPSA) is 62.9 Å². The average molecular weight is 437 g/mol. The second-order valence-electron chi connectivity index (χ2n) is 9.77. The summed E-state index contributed by atoms with van der Waals surface area (Å²) in [5.41, 5.74) is 9.28. The van der Waals surface area contributed by atoms with Crippen molar-refractivity contribution in [2.24, 2.45) is 10.7 Å². The van der Waals surface area contributed by atoms with Gasteiger partial charge in [-0.2, -0.15) is 0 Å². The van der Waals surface area contributed by atoms with Crippen LogP contribution in [-0.2, 0) is 12.0 Å². The van der Waals surface area contributed by atoms with E-state index < -0.39 is 0 Å². The van der Waals surface area contributed by atoms with Gasteiger partial charge < -0.3 is 20.7 Å². The molecule has 1 heterocycles. The van der Waals surface area contributed by atoms with E-state index in [2.05, 4.69) is 62.2 Å². The number of rotatable bonds is 7. The third kappa shape index (κ3) is 6.99. The summed E-state index contributed by atoms with van der Waals surface area (Å²) in [6, 6.07) is 17.2. The largest absolute Gasteiger partial charge is 0.489 e. The monoisotopic (exact) mass is 436 g/mol. The van der Waals surface area contributed by atoms with Crippen LogP contribution in [-0.4, -0.2) is 36.5 Å². The minimum Gasteiger partial charge on any atom is -0.489 e. The minimum atomic E-state index is 0.166. The molecule has 3 rings (SSSR count). The van der Waals surface area contributed by atoms with Crippen molar-refractivity contribution in [3.05, 3.63) is 59.7 Å². The van der Waals surface area contributed by atoms with E-state index in [1.54, 1.807) is 0 Å². The molecule has 1 aliphatic rings.